The van der Waals surface area contributed by atoms with Gasteiger partial charge in [-0.1, -0.05) is 30.3 Å². The number of hydrogen-bond donors (Lipinski definition) is 2. The molecule has 0 aliphatic carbocycles. The van der Waals surface area contributed by atoms with Crippen LogP contribution < -0.4 is 5.32 Å². The molecule has 0 radical (unpaired) electrons. The summed E-state index contributed by atoms with van der Waals surface area (Å²) in [5.41, 5.74) is 0.975. The molecule has 2 aromatic rings. The number of nitrogens with one attached hydrogen (secondary N) is 1. The molecule has 0 fully saturated rings. The second-order valence-corrected chi connectivity index (χ2v) is 4.67. The van der Waals surface area contributed by atoms with Gasteiger partial charge in [-0.2, -0.15) is 0 Å². The van der Waals surface area contributed by atoms with Crippen LogP contribution in [-0.2, 0) is 6.42 Å². The van der Waals surface area contributed by atoms with Crippen molar-refractivity contribution >= 4 is 5.91 Å². The van der Waals surface area contributed by atoms with Crippen LogP contribution in [0.1, 0.15) is 15.9 Å². The Hall–Kier alpha value is -2.27. The van der Waals surface area contributed by atoms with E-state index < -0.39 is 23.6 Å². The first-order valence-electron chi connectivity index (χ1n) is 6.51. The molecule has 3 nitrogen and oxygen atoms in total. The van der Waals surface area contributed by atoms with Crippen molar-refractivity contribution in [3.05, 3.63) is 71.3 Å². The Balaban J connectivity index is 2.04. The first-order valence-corrected chi connectivity index (χ1v) is 6.51. The third-order valence-electron chi connectivity index (χ3n) is 3.06. The van der Waals surface area contributed by atoms with Crippen LogP contribution in [0.4, 0.5) is 8.78 Å². The van der Waals surface area contributed by atoms with Gasteiger partial charge in [0.2, 0.25) is 0 Å². The zero-order valence-electron chi connectivity index (χ0n) is 11.2. The summed E-state index contributed by atoms with van der Waals surface area (Å²) in [6, 6.07) is 11.8. The summed E-state index contributed by atoms with van der Waals surface area (Å²) in [5.74, 6) is -2.63. The maximum atomic E-state index is 13.1. The molecule has 2 rings (SSSR count). The molecule has 0 saturated carbocycles. The molecule has 2 aromatic carbocycles. The molecule has 0 bridgehead atoms. The lowest BCUT2D eigenvalue weighted by atomic mass is 10.1. The van der Waals surface area contributed by atoms with Crippen molar-refractivity contribution in [2.24, 2.45) is 0 Å². The lowest BCUT2D eigenvalue weighted by Gasteiger charge is -2.16. The third kappa shape index (κ3) is 4.10. The zero-order chi connectivity index (χ0) is 15.2. The van der Waals surface area contributed by atoms with E-state index in [-0.39, 0.29) is 12.2 Å². The van der Waals surface area contributed by atoms with Gasteiger partial charge in [0.1, 0.15) is 0 Å². The molecule has 0 spiro atoms. The molecule has 0 heterocycles. The number of amides is 1. The summed E-state index contributed by atoms with van der Waals surface area (Å²) < 4.78 is 25.9. The van der Waals surface area contributed by atoms with E-state index in [1.54, 1.807) is 0 Å². The number of aliphatic hydroxyl groups is 1. The topological polar surface area (TPSA) is 49.3 Å². The van der Waals surface area contributed by atoms with E-state index in [1.807, 2.05) is 30.3 Å². The summed E-state index contributed by atoms with van der Waals surface area (Å²) in [6.45, 7) is -0.246. The highest BCUT2D eigenvalue weighted by molar-refractivity contribution is 5.94. The van der Waals surface area contributed by atoms with Crippen LogP contribution >= 0.6 is 0 Å². The second-order valence-electron chi connectivity index (χ2n) is 4.67. The number of benzene rings is 2. The van der Waals surface area contributed by atoms with E-state index >= 15 is 0 Å². The Morgan fingerprint density at radius 1 is 1.10 bits per heavy atom. The van der Waals surface area contributed by atoms with Crippen molar-refractivity contribution in [2.45, 2.75) is 12.5 Å². The van der Waals surface area contributed by atoms with Gasteiger partial charge in [0, 0.05) is 5.56 Å². The molecule has 21 heavy (non-hydrogen) atoms. The Bertz CT molecular complexity index is 617. The monoisotopic (exact) mass is 291 g/mol. The normalized spacial score (nSPS) is 12.0. The van der Waals surface area contributed by atoms with Crippen LogP contribution in [0.3, 0.4) is 0 Å². The quantitative estimate of drug-likeness (QED) is 0.888. The van der Waals surface area contributed by atoms with E-state index in [1.165, 1.54) is 6.07 Å². The van der Waals surface area contributed by atoms with Crippen LogP contribution in [0.15, 0.2) is 48.5 Å². The van der Waals surface area contributed by atoms with Crippen LogP contribution in [0.5, 0.6) is 0 Å². The smallest absolute Gasteiger partial charge is 0.251 e. The molecule has 110 valence electrons. The molecule has 1 amide bonds. The largest absolute Gasteiger partial charge is 0.394 e. The van der Waals surface area contributed by atoms with E-state index in [0.717, 1.165) is 17.7 Å². The maximum absolute atomic E-state index is 13.1. The van der Waals surface area contributed by atoms with Gasteiger partial charge in [-0.05, 0) is 30.2 Å². The minimum Gasteiger partial charge on any atom is -0.394 e. The summed E-state index contributed by atoms with van der Waals surface area (Å²) in [5, 5.41) is 11.9. The highest BCUT2D eigenvalue weighted by Gasteiger charge is 2.15. The fourth-order valence-corrected chi connectivity index (χ4v) is 1.97. The predicted octanol–water partition coefficient (Wildman–Crippen LogP) is 2.30. The number of halogens is 2. The summed E-state index contributed by atoms with van der Waals surface area (Å²) in [4.78, 5) is 12.0. The van der Waals surface area contributed by atoms with Crippen molar-refractivity contribution in [3.8, 4) is 0 Å². The number of carbonyl (C=O) groups excluding carboxylic acids is 1. The molecule has 0 aliphatic rings. The zero-order valence-corrected chi connectivity index (χ0v) is 11.2. The van der Waals surface area contributed by atoms with Crippen molar-refractivity contribution in [3.63, 3.8) is 0 Å². The average molecular weight is 291 g/mol. The lowest BCUT2D eigenvalue weighted by molar-refractivity contribution is 0.0916. The van der Waals surface area contributed by atoms with Gasteiger partial charge in [0.25, 0.3) is 5.91 Å². The van der Waals surface area contributed by atoms with Crippen LogP contribution in [0, 0.1) is 11.6 Å². The molecule has 0 unspecified atom stereocenters. The van der Waals surface area contributed by atoms with Crippen molar-refractivity contribution in [2.75, 3.05) is 6.61 Å². The first-order chi connectivity index (χ1) is 10.1. The van der Waals surface area contributed by atoms with Gasteiger partial charge in [0.05, 0.1) is 12.6 Å². The van der Waals surface area contributed by atoms with E-state index in [4.69, 9.17) is 0 Å². The molecule has 0 aromatic heterocycles. The van der Waals surface area contributed by atoms with Crippen molar-refractivity contribution in [1.82, 2.24) is 5.32 Å². The van der Waals surface area contributed by atoms with Gasteiger partial charge in [-0.3, -0.25) is 4.79 Å². The molecule has 2 N–H and O–H groups in total. The van der Waals surface area contributed by atoms with Gasteiger partial charge in [-0.15, -0.1) is 0 Å². The highest BCUT2D eigenvalue weighted by Crippen LogP contribution is 2.09. The SMILES string of the molecule is O=C(N[C@@H](CO)Cc1ccccc1)c1ccc(F)c(F)c1. The fourth-order valence-electron chi connectivity index (χ4n) is 1.97. The van der Waals surface area contributed by atoms with Gasteiger partial charge >= 0.3 is 0 Å². The van der Waals surface area contributed by atoms with E-state index in [0.29, 0.717) is 6.42 Å². The molecular weight excluding hydrogens is 276 g/mol. The standard InChI is InChI=1S/C16H15F2NO2/c17-14-7-6-12(9-15(14)18)16(21)19-13(10-20)8-11-4-2-1-3-5-11/h1-7,9,13,20H,8,10H2,(H,19,21)/t13-/m1/s1. The first kappa shape index (κ1) is 15.1. The van der Waals surface area contributed by atoms with Crippen LogP contribution in [-0.4, -0.2) is 23.7 Å². The summed E-state index contributed by atoms with van der Waals surface area (Å²) in [6.07, 6.45) is 0.451. The van der Waals surface area contributed by atoms with Crippen molar-refractivity contribution in [1.29, 1.82) is 0 Å². The average Bonchev–Trinajstić information content (AvgIpc) is 2.50. The summed E-state index contributed by atoms with van der Waals surface area (Å²) >= 11 is 0. The predicted molar refractivity (Wildman–Crippen MR) is 74.8 cm³/mol. The molecule has 0 saturated heterocycles. The van der Waals surface area contributed by atoms with Crippen LogP contribution in [0.2, 0.25) is 0 Å². The molecule has 0 aliphatic heterocycles. The van der Waals surface area contributed by atoms with E-state index in [9.17, 15) is 18.7 Å². The van der Waals surface area contributed by atoms with Gasteiger partial charge < -0.3 is 10.4 Å². The van der Waals surface area contributed by atoms with Gasteiger partial charge in [-0.25, -0.2) is 8.78 Å². The maximum Gasteiger partial charge on any atom is 0.251 e. The fraction of sp³-hybridized carbons (Fsp3) is 0.188. The number of carbonyl (C=O) groups is 1. The van der Waals surface area contributed by atoms with Crippen LogP contribution in [0.25, 0.3) is 0 Å². The number of hydrogen-bond acceptors (Lipinski definition) is 2. The molecule has 1 atom stereocenters. The summed E-state index contributed by atoms with van der Waals surface area (Å²) in [7, 11) is 0. The number of rotatable bonds is 5. The Labute approximate surface area is 121 Å². The minimum absolute atomic E-state index is 0.0143. The molecule has 5 heteroatoms. The molecular formula is C16H15F2NO2. The van der Waals surface area contributed by atoms with E-state index in [2.05, 4.69) is 5.32 Å². The van der Waals surface area contributed by atoms with Gasteiger partial charge in [0.15, 0.2) is 11.6 Å². The minimum atomic E-state index is -1.08. The Kier molecular flexibility index (Phi) is 5.00. The lowest BCUT2D eigenvalue weighted by Crippen LogP contribution is -2.39. The third-order valence-corrected chi connectivity index (χ3v) is 3.06. The highest BCUT2D eigenvalue weighted by atomic mass is 19.2. The Morgan fingerprint density at radius 2 is 1.81 bits per heavy atom. The number of aliphatic hydroxyl groups excluding tert-OH is 1. The second kappa shape index (κ2) is 6.95. The Morgan fingerprint density at radius 3 is 2.43 bits per heavy atom. The van der Waals surface area contributed by atoms with Crippen molar-refractivity contribution < 1.29 is 18.7 Å².